The van der Waals surface area contributed by atoms with Crippen molar-refractivity contribution in [3.8, 4) is 11.5 Å². The van der Waals surface area contributed by atoms with Gasteiger partial charge in [0.15, 0.2) is 11.5 Å². The standard InChI is InChI=1S/C12H11N3O3/c1-17-8-3-6-7(4-9(8)18-2)15-11-10(6)13-5-14-12(11)16/h3-5,15H,1-2H3,(H,13,14,16). The van der Waals surface area contributed by atoms with E-state index in [1.54, 1.807) is 26.4 Å². The maximum absolute atomic E-state index is 11.7. The molecule has 0 unspecified atom stereocenters. The SMILES string of the molecule is COc1cc2[nH]c3c(=O)[nH]cnc3c2cc1OC. The molecule has 18 heavy (non-hydrogen) atoms. The monoisotopic (exact) mass is 245 g/mol. The molecule has 0 aliphatic rings. The minimum Gasteiger partial charge on any atom is -0.493 e. The zero-order chi connectivity index (χ0) is 12.7. The Labute approximate surface area is 102 Å². The molecule has 0 bridgehead atoms. The number of hydrogen-bond donors (Lipinski definition) is 2. The Morgan fingerprint density at radius 1 is 1.17 bits per heavy atom. The van der Waals surface area contributed by atoms with Crippen LogP contribution in [-0.2, 0) is 0 Å². The number of nitrogens with one attached hydrogen (secondary N) is 2. The van der Waals surface area contributed by atoms with Gasteiger partial charge in [-0.25, -0.2) is 4.98 Å². The van der Waals surface area contributed by atoms with Crippen LogP contribution >= 0.6 is 0 Å². The molecule has 0 saturated carbocycles. The second kappa shape index (κ2) is 3.76. The minimum atomic E-state index is -0.200. The molecule has 3 aromatic rings. The van der Waals surface area contributed by atoms with Crippen molar-refractivity contribution in [3.05, 3.63) is 28.8 Å². The van der Waals surface area contributed by atoms with E-state index in [1.807, 2.05) is 0 Å². The molecule has 0 spiro atoms. The van der Waals surface area contributed by atoms with Crippen LogP contribution in [0.15, 0.2) is 23.3 Å². The molecule has 0 radical (unpaired) electrons. The first kappa shape index (κ1) is 10.6. The van der Waals surface area contributed by atoms with Gasteiger partial charge in [-0.05, 0) is 6.07 Å². The number of hydrogen-bond acceptors (Lipinski definition) is 4. The van der Waals surface area contributed by atoms with Gasteiger partial charge in [0.2, 0.25) is 0 Å². The molecular weight excluding hydrogens is 234 g/mol. The molecule has 1 aromatic carbocycles. The predicted molar refractivity (Wildman–Crippen MR) is 67.3 cm³/mol. The summed E-state index contributed by atoms with van der Waals surface area (Å²) in [6.45, 7) is 0. The quantitative estimate of drug-likeness (QED) is 0.715. The Hall–Kier alpha value is -2.50. The highest BCUT2D eigenvalue weighted by Gasteiger charge is 2.12. The first-order valence-electron chi connectivity index (χ1n) is 5.35. The molecule has 0 amide bonds. The molecule has 2 heterocycles. The van der Waals surface area contributed by atoms with Crippen molar-refractivity contribution in [1.82, 2.24) is 15.0 Å². The molecule has 0 aliphatic carbocycles. The van der Waals surface area contributed by atoms with Gasteiger partial charge >= 0.3 is 0 Å². The number of rotatable bonds is 2. The van der Waals surface area contributed by atoms with Crippen LogP contribution in [0, 0.1) is 0 Å². The van der Waals surface area contributed by atoms with Crippen molar-refractivity contribution < 1.29 is 9.47 Å². The van der Waals surface area contributed by atoms with Gasteiger partial charge in [-0.15, -0.1) is 0 Å². The summed E-state index contributed by atoms with van der Waals surface area (Å²) < 4.78 is 10.5. The highest BCUT2D eigenvalue weighted by Crippen LogP contribution is 2.34. The van der Waals surface area contributed by atoms with Crippen LogP contribution in [-0.4, -0.2) is 29.2 Å². The van der Waals surface area contributed by atoms with E-state index in [0.29, 0.717) is 22.5 Å². The largest absolute Gasteiger partial charge is 0.493 e. The molecule has 3 rings (SSSR count). The van der Waals surface area contributed by atoms with Gasteiger partial charge in [0.05, 0.1) is 26.1 Å². The Balaban J connectivity index is 2.47. The predicted octanol–water partition coefficient (Wildman–Crippen LogP) is 1.42. The Morgan fingerprint density at radius 2 is 1.89 bits per heavy atom. The van der Waals surface area contributed by atoms with E-state index in [9.17, 15) is 4.79 Å². The van der Waals surface area contributed by atoms with Crippen molar-refractivity contribution in [3.63, 3.8) is 0 Å². The van der Waals surface area contributed by atoms with Crippen LogP contribution < -0.4 is 15.0 Å². The number of methoxy groups -OCH3 is 2. The molecule has 2 N–H and O–H groups in total. The van der Waals surface area contributed by atoms with Crippen molar-refractivity contribution in [2.24, 2.45) is 0 Å². The summed E-state index contributed by atoms with van der Waals surface area (Å²) in [7, 11) is 3.14. The van der Waals surface area contributed by atoms with Gasteiger partial charge in [-0.1, -0.05) is 0 Å². The topological polar surface area (TPSA) is 80.0 Å². The second-order valence-electron chi connectivity index (χ2n) is 3.83. The number of H-pyrrole nitrogens is 2. The molecule has 6 heteroatoms. The normalized spacial score (nSPS) is 11.0. The third-order valence-electron chi connectivity index (χ3n) is 2.89. The molecule has 2 aromatic heterocycles. The summed E-state index contributed by atoms with van der Waals surface area (Å²) >= 11 is 0. The highest BCUT2D eigenvalue weighted by atomic mass is 16.5. The van der Waals surface area contributed by atoms with Gasteiger partial charge in [0.25, 0.3) is 5.56 Å². The van der Waals surface area contributed by atoms with Crippen LogP contribution in [0.1, 0.15) is 0 Å². The first-order chi connectivity index (χ1) is 8.74. The van der Waals surface area contributed by atoms with E-state index in [0.717, 1.165) is 10.9 Å². The van der Waals surface area contributed by atoms with E-state index in [1.165, 1.54) is 6.33 Å². The highest BCUT2D eigenvalue weighted by molar-refractivity contribution is 6.05. The lowest BCUT2D eigenvalue weighted by Crippen LogP contribution is -2.05. The van der Waals surface area contributed by atoms with Crippen LogP contribution in [0.2, 0.25) is 0 Å². The Kier molecular flexibility index (Phi) is 2.22. The van der Waals surface area contributed by atoms with Crippen molar-refractivity contribution in [2.75, 3.05) is 14.2 Å². The average molecular weight is 245 g/mol. The van der Waals surface area contributed by atoms with Crippen LogP contribution in [0.4, 0.5) is 0 Å². The van der Waals surface area contributed by atoms with Gasteiger partial charge in [0.1, 0.15) is 11.0 Å². The smallest absolute Gasteiger partial charge is 0.275 e. The fourth-order valence-electron chi connectivity index (χ4n) is 2.03. The lowest BCUT2D eigenvalue weighted by atomic mass is 10.2. The van der Waals surface area contributed by atoms with Crippen molar-refractivity contribution >= 4 is 21.9 Å². The summed E-state index contributed by atoms with van der Waals surface area (Å²) in [5.41, 5.74) is 1.65. The van der Waals surface area contributed by atoms with E-state index in [4.69, 9.17) is 9.47 Å². The molecule has 0 atom stereocenters. The number of nitrogens with zero attached hydrogens (tertiary/aromatic N) is 1. The molecule has 0 fully saturated rings. The third kappa shape index (κ3) is 1.35. The summed E-state index contributed by atoms with van der Waals surface area (Å²) in [5.74, 6) is 1.21. The van der Waals surface area contributed by atoms with Gasteiger partial charge in [0, 0.05) is 11.5 Å². The Morgan fingerprint density at radius 3 is 2.61 bits per heavy atom. The maximum atomic E-state index is 11.7. The molecule has 6 nitrogen and oxygen atoms in total. The van der Waals surface area contributed by atoms with E-state index in [-0.39, 0.29) is 5.56 Å². The van der Waals surface area contributed by atoms with E-state index >= 15 is 0 Å². The summed E-state index contributed by atoms with van der Waals surface area (Å²) in [6.07, 6.45) is 1.38. The number of benzene rings is 1. The molecular formula is C12H11N3O3. The molecule has 0 aliphatic heterocycles. The Bertz CT molecular complexity index is 788. The third-order valence-corrected chi connectivity index (χ3v) is 2.89. The number of ether oxygens (including phenoxy) is 2. The van der Waals surface area contributed by atoms with Crippen LogP contribution in [0.3, 0.4) is 0 Å². The number of fused-ring (bicyclic) bond motifs is 3. The van der Waals surface area contributed by atoms with Crippen molar-refractivity contribution in [2.45, 2.75) is 0 Å². The summed E-state index contributed by atoms with van der Waals surface area (Å²) in [5, 5.41) is 0.828. The molecule has 92 valence electrons. The van der Waals surface area contributed by atoms with Crippen molar-refractivity contribution in [1.29, 1.82) is 0 Å². The van der Waals surface area contributed by atoms with Crippen LogP contribution in [0.25, 0.3) is 21.9 Å². The first-order valence-corrected chi connectivity index (χ1v) is 5.35. The lowest BCUT2D eigenvalue weighted by Gasteiger charge is -2.06. The maximum Gasteiger partial charge on any atom is 0.275 e. The van der Waals surface area contributed by atoms with Gasteiger partial charge < -0.3 is 19.4 Å². The molecule has 0 saturated heterocycles. The second-order valence-corrected chi connectivity index (χ2v) is 3.83. The van der Waals surface area contributed by atoms with E-state index < -0.39 is 0 Å². The fourth-order valence-corrected chi connectivity index (χ4v) is 2.03. The summed E-state index contributed by atoms with van der Waals surface area (Å²) in [4.78, 5) is 21.4. The number of aromatic amines is 2. The van der Waals surface area contributed by atoms with E-state index in [2.05, 4.69) is 15.0 Å². The summed E-state index contributed by atoms with van der Waals surface area (Å²) in [6, 6.07) is 3.59. The number of aromatic nitrogens is 3. The minimum absolute atomic E-state index is 0.200. The van der Waals surface area contributed by atoms with Gasteiger partial charge in [-0.3, -0.25) is 4.79 Å². The zero-order valence-electron chi connectivity index (χ0n) is 9.90. The van der Waals surface area contributed by atoms with Gasteiger partial charge in [-0.2, -0.15) is 0 Å². The fraction of sp³-hybridized carbons (Fsp3) is 0.167. The lowest BCUT2D eigenvalue weighted by molar-refractivity contribution is 0.356. The average Bonchev–Trinajstić information content (AvgIpc) is 2.76. The van der Waals surface area contributed by atoms with Crippen LogP contribution in [0.5, 0.6) is 11.5 Å². The zero-order valence-corrected chi connectivity index (χ0v) is 9.90.